The van der Waals surface area contributed by atoms with E-state index in [1.807, 2.05) is 17.0 Å². The molecule has 2 amide bonds. The molecular formula is C16H20Cl2N2OS. The van der Waals surface area contributed by atoms with Crippen molar-refractivity contribution in [1.82, 2.24) is 10.2 Å². The van der Waals surface area contributed by atoms with Crippen LogP contribution < -0.4 is 5.32 Å². The van der Waals surface area contributed by atoms with Gasteiger partial charge in [0.15, 0.2) is 0 Å². The summed E-state index contributed by atoms with van der Waals surface area (Å²) in [5, 5.41) is 4.24. The Bertz CT molecular complexity index is 549. The first-order chi connectivity index (χ1) is 10.7. The maximum atomic E-state index is 12.6. The Morgan fingerprint density at radius 1 is 1.23 bits per heavy atom. The predicted octanol–water partition coefficient (Wildman–Crippen LogP) is 5.08. The molecule has 2 aliphatic rings. The Morgan fingerprint density at radius 2 is 2.00 bits per heavy atom. The number of hydrogen-bond acceptors (Lipinski definition) is 2. The number of urea groups is 1. The summed E-state index contributed by atoms with van der Waals surface area (Å²) in [6.07, 6.45) is 5.89. The third-order valence-electron chi connectivity index (χ3n) is 4.33. The van der Waals surface area contributed by atoms with Crippen molar-refractivity contribution < 1.29 is 4.79 Å². The number of halogens is 2. The van der Waals surface area contributed by atoms with Gasteiger partial charge in [0.05, 0.1) is 10.0 Å². The average Bonchev–Trinajstić information content (AvgIpc) is 3.00. The molecule has 6 heteroatoms. The Hall–Kier alpha value is -0.580. The maximum absolute atomic E-state index is 12.6. The third kappa shape index (κ3) is 3.50. The molecule has 0 bridgehead atoms. The second kappa shape index (κ2) is 7.33. The molecule has 0 aromatic heterocycles. The van der Waals surface area contributed by atoms with Gasteiger partial charge >= 0.3 is 6.03 Å². The number of thioether (sulfide) groups is 1. The lowest BCUT2D eigenvalue weighted by Gasteiger charge is -2.29. The predicted molar refractivity (Wildman–Crippen MR) is 93.8 cm³/mol. The highest BCUT2D eigenvalue weighted by molar-refractivity contribution is 7.99. The molecule has 1 heterocycles. The summed E-state index contributed by atoms with van der Waals surface area (Å²) >= 11 is 14.2. The Balaban J connectivity index is 1.72. The Morgan fingerprint density at radius 3 is 2.77 bits per heavy atom. The molecule has 3 rings (SSSR count). The molecule has 1 saturated carbocycles. The lowest BCUT2D eigenvalue weighted by atomic mass is 9.96. The van der Waals surface area contributed by atoms with Crippen LogP contribution in [0.1, 0.15) is 43.0 Å². The first-order valence-corrected chi connectivity index (χ1v) is 9.60. The molecule has 0 radical (unpaired) electrons. The van der Waals surface area contributed by atoms with Crippen LogP contribution in [0.25, 0.3) is 0 Å². The van der Waals surface area contributed by atoms with Crippen molar-refractivity contribution in [2.24, 2.45) is 0 Å². The van der Waals surface area contributed by atoms with Gasteiger partial charge in [0.1, 0.15) is 5.37 Å². The zero-order valence-electron chi connectivity index (χ0n) is 12.4. The fraction of sp³-hybridized carbons (Fsp3) is 0.562. The van der Waals surface area contributed by atoms with Crippen molar-refractivity contribution >= 4 is 41.0 Å². The fourth-order valence-corrected chi connectivity index (χ4v) is 4.91. The number of carbonyl (C=O) groups is 1. The van der Waals surface area contributed by atoms with E-state index in [2.05, 4.69) is 5.32 Å². The molecule has 1 aromatic rings. The van der Waals surface area contributed by atoms with Crippen LogP contribution in [0.5, 0.6) is 0 Å². The Kier molecular flexibility index (Phi) is 5.42. The molecule has 1 aromatic carbocycles. The van der Waals surface area contributed by atoms with E-state index in [1.54, 1.807) is 17.8 Å². The van der Waals surface area contributed by atoms with Gasteiger partial charge in [-0.25, -0.2) is 4.79 Å². The minimum Gasteiger partial charge on any atom is -0.335 e. The number of nitrogens with one attached hydrogen (secondary N) is 1. The largest absolute Gasteiger partial charge is 0.335 e. The van der Waals surface area contributed by atoms with E-state index in [0.29, 0.717) is 16.1 Å². The van der Waals surface area contributed by atoms with Crippen molar-refractivity contribution in [3.05, 3.63) is 33.8 Å². The van der Waals surface area contributed by atoms with Gasteiger partial charge in [0, 0.05) is 23.9 Å². The maximum Gasteiger partial charge on any atom is 0.318 e. The highest BCUT2D eigenvalue weighted by atomic mass is 35.5. The zero-order chi connectivity index (χ0) is 15.5. The average molecular weight is 359 g/mol. The molecule has 22 heavy (non-hydrogen) atoms. The van der Waals surface area contributed by atoms with E-state index in [0.717, 1.165) is 30.7 Å². The minimum atomic E-state index is -0.0465. The molecule has 1 aliphatic heterocycles. The fourth-order valence-electron chi connectivity index (χ4n) is 3.15. The van der Waals surface area contributed by atoms with Crippen LogP contribution in [0.3, 0.4) is 0 Å². The molecule has 120 valence electrons. The van der Waals surface area contributed by atoms with Gasteiger partial charge in [0.2, 0.25) is 0 Å². The number of benzene rings is 1. The zero-order valence-corrected chi connectivity index (χ0v) is 14.7. The van der Waals surface area contributed by atoms with Crippen LogP contribution >= 0.6 is 35.0 Å². The molecule has 1 aliphatic carbocycles. The van der Waals surface area contributed by atoms with Gasteiger partial charge in [0.25, 0.3) is 0 Å². The summed E-state index contributed by atoms with van der Waals surface area (Å²) < 4.78 is 0. The van der Waals surface area contributed by atoms with Crippen molar-refractivity contribution in [2.45, 2.75) is 43.5 Å². The number of rotatable bonds is 2. The second-order valence-corrected chi connectivity index (χ2v) is 7.82. The summed E-state index contributed by atoms with van der Waals surface area (Å²) in [4.78, 5) is 14.5. The van der Waals surface area contributed by atoms with Crippen LogP contribution in [0.15, 0.2) is 18.2 Å². The molecule has 1 N–H and O–H groups in total. The van der Waals surface area contributed by atoms with Crippen LogP contribution in [-0.4, -0.2) is 29.3 Å². The lowest BCUT2D eigenvalue weighted by Crippen LogP contribution is -2.45. The van der Waals surface area contributed by atoms with Crippen molar-refractivity contribution in [3.63, 3.8) is 0 Å². The van der Waals surface area contributed by atoms with Crippen LogP contribution in [0.4, 0.5) is 4.79 Å². The molecule has 2 fully saturated rings. The first-order valence-electron chi connectivity index (χ1n) is 7.79. The van der Waals surface area contributed by atoms with E-state index in [4.69, 9.17) is 23.2 Å². The SMILES string of the molecule is O=C(NC1CCCCC1)N1CCSC1c1cccc(Cl)c1Cl. The summed E-state index contributed by atoms with van der Waals surface area (Å²) in [5.41, 5.74) is 0.926. The molecule has 1 atom stereocenters. The van der Waals surface area contributed by atoms with Crippen LogP contribution in [-0.2, 0) is 0 Å². The van der Waals surface area contributed by atoms with E-state index in [1.165, 1.54) is 19.3 Å². The highest BCUT2D eigenvalue weighted by Gasteiger charge is 2.33. The van der Waals surface area contributed by atoms with E-state index in [-0.39, 0.29) is 11.4 Å². The number of nitrogens with zero attached hydrogens (tertiary/aromatic N) is 1. The standard InChI is InChI=1S/C16H20Cl2N2OS/c17-13-8-4-7-12(14(13)18)15-20(9-10-22-15)16(21)19-11-5-2-1-3-6-11/h4,7-8,11,15H,1-3,5-6,9-10H2,(H,19,21). The number of carbonyl (C=O) groups excluding carboxylic acids is 1. The Labute approximate surface area is 145 Å². The van der Waals surface area contributed by atoms with Gasteiger partial charge in [-0.2, -0.15) is 0 Å². The topological polar surface area (TPSA) is 32.3 Å². The molecule has 1 unspecified atom stereocenters. The smallest absolute Gasteiger partial charge is 0.318 e. The third-order valence-corrected chi connectivity index (χ3v) is 6.41. The summed E-state index contributed by atoms with van der Waals surface area (Å²) in [5.74, 6) is 0.922. The molecule has 3 nitrogen and oxygen atoms in total. The number of hydrogen-bond donors (Lipinski definition) is 1. The van der Waals surface area contributed by atoms with E-state index in [9.17, 15) is 4.79 Å². The highest BCUT2D eigenvalue weighted by Crippen LogP contribution is 2.42. The van der Waals surface area contributed by atoms with Gasteiger partial charge < -0.3 is 10.2 Å². The molecule has 1 saturated heterocycles. The number of amides is 2. The van der Waals surface area contributed by atoms with Crippen LogP contribution in [0, 0.1) is 0 Å². The first kappa shape index (κ1) is 16.3. The quantitative estimate of drug-likeness (QED) is 0.798. The van der Waals surface area contributed by atoms with Crippen molar-refractivity contribution in [3.8, 4) is 0 Å². The van der Waals surface area contributed by atoms with Gasteiger partial charge in [-0.05, 0) is 18.9 Å². The summed E-state index contributed by atoms with van der Waals surface area (Å²) in [7, 11) is 0. The van der Waals surface area contributed by atoms with Crippen molar-refractivity contribution in [1.29, 1.82) is 0 Å². The van der Waals surface area contributed by atoms with E-state index >= 15 is 0 Å². The van der Waals surface area contributed by atoms with Crippen LogP contribution in [0.2, 0.25) is 10.0 Å². The molecule has 0 spiro atoms. The lowest BCUT2D eigenvalue weighted by molar-refractivity contribution is 0.192. The second-order valence-electron chi connectivity index (χ2n) is 5.84. The monoisotopic (exact) mass is 358 g/mol. The van der Waals surface area contributed by atoms with Gasteiger partial charge in [-0.1, -0.05) is 54.6 Å². The summed E-state index contributed by atoms with van der Waals surface area (Å²) in [6.45, 7) is 0.747. The summed E-state index contributed by atoms with van der Waals surface area (Å²) in [6, 6.07) is 5.97. The normalized spacial score (nSPS) is 22.8. The van der Waals surface area contributed by atoms with Gasteiger partial charge in [-0.3, -0.25) is 0 Å². The van der Waals surface area contributed by atoms with Crippen molar-refractivity contribution in [2.75, 3.05) is 12.3 Å². The minimum absolute atomic E-state index is 0.0259. The molecular weight excluding hydrogens is 339 g/mol. The van der Waals surface area contributed by atoms with Gasteiger partial charge in [-0.15, -0.1) is 11.8 Å². The van der Waals surface area contributed by atoms with E-state index < -0.39 is 0 Å².